The smallest absolute Gasteiger partial charge is 0.416 e. The summed E-state index contributed by atoms with van der Waals surface area (Å²) < 4.78 is 33.2. The highest BCUT2D eigenvalue weighted by Crippen LogP contribution is 2.43. The minimum absolute atomic E-state index is 0.0204. The van der Waals surface area contributed by atoms with Gasteiger partial charge in [0.2, 0.25) is 5.91 Å². The number of anilines is 3. The molecule has 2 fully saturated rings. The Morgan fingerprint density at radius 1 is 0.902 bits per heavy atom. The molecular formula is C45H52N6O10. The van der Waals surface area contributed by atoms with Crippen molar-refractivity contribution in [3.63, 3.8) is 0 Å². The van der Waals surface area contributed by atoms with Gasteiger partial charge in [-0.1, -0.05) is 24.8 Å². The number of hydrogen-bond donors (Lipinski definition) is 2. The first-order valence-electron chi connectivity index (χ1n) is 20.5. The number of amides is 4. The minimum Gasteiger partial charge on any atom is -0.493 e. The molecule has 0 spiro atoms. The molecule has 16 nitrogen and oxygen atoms in total. The summed E-state index contributed by atoms with van der Waals surface area (Å²) in [6.45, 7) is 6.30. The Bertz CT molecular complexity index is 2290. The lowest BCUT2D eigenvalue weighted by Gasteiger charge is -2.38. The first kappa shape index (κ1) is 42.7. The average molecular weight is 837 g/mol. The molecule has 2 unspecified atom stereocenters. The Balaban J connectivity index is 0.989. The highest BCUT2D eigenvalue weighted by molar-refractivity contribution is 6.06. The van der Waals surface area contributed by atoms with Gasteiger partial charge in [0.05, 0.1) is 42.4 Å². The number of nitrogens with one attached hydrogen (secondary N) is 2. The number of aromatic nitrogens is 2. The number of carbonyl (C=O) groups is 5. The number of aryl methyl sites for hydroxylation is 2. The number of ether oxygens (including phenoxy) is 5. The fraction of sp³-hybridized carbons (Fsp3) is 0.400. The predicted molar refractivity (Wildman–Crippen MR) is 227 cm³/mol. The van der Waals surface area contributed by atoms with Crippen LogP contribution in [0.25, 0.3) is 11.1 Å². The number of ketones is 1. The number of Topliss-reactive ketones (excluding diaryl/α,β-unsaturated/α-hetero) is 1. The van der Waals surface area contributed by atoms with Crippen molar-refractivity contribution in [1.82, 2.24) is 14.0 Å². The van der Waals surface area contributed by atoms with Gasteiger partial charge in [-0.15, -0.1) is 0 Å². The molecule has 16 heteroatoms. The fourth-order valence-corrected chi connectivity index (χ4v) is 8.04. The molecule has 3 aliphatic heterocycles. The quantitative estimate of drug-likeness (QED) is 0.0729. The highest BCUT2D eigenvalue weighted by atomic mass is 16.7. The third kappa shape index (κ3) is 9.50. The van der Waals surface area contributed by atoms with Crippen molar-refractivity contribution < 1.29 is 47.7 Å². The summed E-state index contributed by atoms with van der Waals surface area (Å²) in [7, 11) is 5.00. The van der Waals surface area contributed by atoms with Crippen molar-refractivity contribution in [3.05, 3.63) is 90.5 Å². The van der Waals surface area contributed by atoms with Crippen LogP contribution < -0.4 is 25.0 Å². The summed E-state index contributed by atoms with van der Waals surface area (Å²) in [6.07, 6.45) is 7.12. The second-order valence-corrected chi connectivity index (χ2v) is 15.3. The maximum absolute atomic E-state index is 14.1. The Hall–Kier alpha value is -6.39. The molecule has 2 saturated heterocycles. The highest BCUT2D eigenvalue weighted by Gasteiger charge is 2.48. The van der Waals surface area contributed by atoms with E-state index in [0.717, 1.165) is 30.4 Å². The summed E-state index contributed by atoms with van der Waals surface area (Å²) in [4.78, 5) is 69.2. The second kappa shape index (κ2) is 18.9. The van der Waals surface area contributed by atoms with Crippen LogP contribution in [0.4, 0.5) is 21.9 Å². The van der Waals surface area contributed by atoms with Gasteiger partial charge in [0.25, 0.3) is 11.8 Å². The van der Waals surface area contributed by atoms with Gasteiger partial charge in [-0.2, -0.15) is 0 Å². The molecule has 3 aliphatic rings. The van der Waals surface area contributed by atoms with Crippen LogP contribution in [0.3, 0.4) is 0 Å². The topological polar surface area (TPSA) is 172 Å². The maximum Gasteiger partial charge on any atom is 0.416 e. The molecule has 7 rings (SSSR count). The number of hydrogen-bond acceptors (Lipinski definition) is 10. The molecule has 0 saturated carbocycles. The Morgan fingerprint density at radius 2 is 1.69 bits per heavy atom. The molecule has 2 aromatic heterocycles. The lowest BCUT2D eigenvalue weighted by molar-refractivity contribution is -0.195. The third-order valence-electron chi connectivity index (χ3n) is 11.0. The number of methoxy groups -OCH3 is 1. The monoisotopic (exact) mass is 836 g/mol. The van der Waals surface area contributed by atoms with Crippen molar-refractivity contribution in [3.8, 4) is 22.6 Å². The molecule has 61 heavy (non-hydrogen) atoms. The standard InChI is InChI=1S/C45H52N6O10/c1-6-19-60-45(56)51-36-25-39(38(57-5)24-33(36)43(55)50-18-9-11-34(50)44(51)61-41-13-7-8-20-59-41)58-21-10-12-40(53)46-32-23-37(49(4)27-32)42(54)47-31-16-14-29(15-17-31)30-22-35(28(2)52)48(3)26-30/h6,14-17,22-27,34,41,44H,1,7-13,18-21H2,2-5H3,(H,46,53)(H,47,54)/t34-,41?,44?/m0/s1. The number of nitrogens with zero attached hydrogens (tertiary/aromatic N) is 4. The van der Waals surface area contributed by atoms with E-state index in [4.69, 9.17) is 23.7 Å². The average Bonchev–Trinajstić information content (AvgIpc) is 3.99. The fourth-order valence-electron chi connectivity index (χ4n) is 8.04. The number of benzene rings is 2. The van der Waals surface area contributed by atoms with Crippen LogP contribution >= 0.6 is 0 Å². The Labute approximate surface area is 354 Å². The lowest BCUT2D eigenvalue weighted by atomic mass is 10.1. The number of rotatable bonds is 15. The molecule has 0 aliphatic carbocycles. The zero-order valence-corrected chi connectivity index (χ0v) is 34.9. The number of carbonyl (C=O) groups excluding carboxylic acids is 5. The van der Waals surface area contributed by atoms with E-state index < -0.39 is 24.7 Å². The maximum atomic E-state index is 14.1. The normalized spacial score (nSPS) is 18.4. The van der Waals surface area contributed by atoms with Crippen LogP contribution in [-0.4, -0.2) is 95.7 Å². The number of fused-ring (bicyclic) bond motifs is 2. The summed E-state index contributed by atoms with van der Waals surface area (Å²) in [6, 6.07) is 13.5. The van der Waals surface area contributed by atoms with E-state index in [1.54, 1.807) is 57.6 Å². The lowest BCUT2D eigenvalue weighted by Crippen LogP contribution is -2.54. The van der Waals surface area contributed by atoms with Crippen LogP contribution in [0.15, 0.2) is 73.6 Å². The van der Waals surface area contributed by atoms with Crippen molar-refractivity contribution in [2.45, 2.75) is 70.4 Å². The van der Waals surface area contributed by atoms with Crippen LogP contribution in [0.5, 0.6) is 11.5 Å². The molecule has 2 N–H and O–H groups in total. The molecule has 322 valence electrons. The first-order chi connectivity index (χ1) is 29.4. The molecule has 0 radical (unpaired) electrons. The molecular weight excluding hydrogens is 785 g/mol. The SMILES string of the molecule is C=CCOC(=O)N1c2cc(OCCCC(=O)Nc3cc(C(=O)Nc4ccc(-c5cc(C(C)=O)n(C)c5)cc4)n(C)c3)c(OC)cc2C(=O)N2CCC[C@H]2C1OC1CCCCO1. The zero-order chi connectivity index (χ0) is 43.2. The third-order valence-corrected chi connectivity index (χ3v) is 11.0. The summed E-state index contributed by atoms with van der Waals surface area (Å²) in [5.74, 6) is -0.374. The van der Waals surface area contributed by atoms with Gasteiger partial charge in [-0.25, -0.2) is 9.69 Å². The second-order valence-electron chi connectivity index (χ2n) is 15.3. The first-order valence-corrected chi connectivity index (χ1v) is 20.5. The van der Waals surface area contributed by atoms with Crippen LogP contribution in [0, 0.1) is 0 Å². The summed E-state index contributed by atoms with van der Waals surface area (Å²) in [5.41, 5.74) is 4.28. The molecule has 4 aromatic rings. The van der Waals surface area contributed by atoms with Gasteiger partial charge in [0.1, 0.15) is 12.3 Å². The Morgan fingerprint density at radius 3 is 2.39 bits per heavy atom. The van der Waals surface area contributed by atoms with Gasteiger partial charge in [0, 0.05) is 70.3 Å². The van der Waals surface area contributed by atoms with Crippen molar-refractivity contribution in [1.29, 1.82) is 0 Å². The van der Waals surface area contributed by atoms with E-state index in [1.165, 1.54) is 25.0 Å². The predicted octanol–water partition coefficient (Wildman–Crippen LogP) is 6.91. The summed E-state index contributed by atoms with van der Waals surface area (Å²) >= 11 is 0. The largest absolute Gasteiger partial charge is 0.493 e. The van der Waals surface area contributed by atoms with Gasteiger partial charge in [0.15, 0.2) is 29.8 Å². The van der Waals surface area contributed by atoms with Crippen LogP contribution in [0.2, 0.25) is 0 Å². The molecule has 0 bridgehead atoms. The van der Waals surface area contributed by atoms with E-state index in [0.29, 0.717) is 55.2 Å². The van der Waals surface area contributed by atoms with E-state index in [-0.39, 0.29) is 65.9 Å². The molecule has 3 atom stereocenters. The van der Waals surface area contributed by atoms with Crippen molar-refractivity contribution >= 4 is 46.7 Å². The van der Waals surface area contributed by atoms with Crippen molar-refractivity contribution in [2.24, 2.45) is 14.1 Å². The summed E-state index contributed by atoms with van der Waals surface area (Å²) in [5, 5.41) is 5.75. The van der Waals surface area contributed by atoms with Gasteiger partial charge in [-0.05, 0) is 74.4 Å². The van der Waals surface area contributed by atoms with E-state index >= 15 is 0 Å². The molecule has 4 amide bonds. The molecule has 5 heterocycles. The van der Waals surface area contributed by atoms with Gasteiger partial charge in [-0.3, -0.25) is 19.2 Å². The van der Waals surface area contributed by atoms with Gasteiger partial charge >= 0.3 is 6.09 Å². The van der Waals surface area contributed by atoms with E-state index in [2.05, 4.69) is 17.2 Å². The zero-order valence-electron chi connectivity index (χ0n) is 34.9. The molecule has 2 aromatic carbocycles. The van der Waals surface area contributed by atoms with Crippen molar-refractivity contribution in [2.75, 3.05) is 49.0 Å². The minimum atomic E-state index is -0.891. The van der Waals surface area contributed by atoms with E-state index in [1.807, 2.05) is 31.4 Å². The van der Waals surface area contributed by atoms with E-state index in [9.17, 15) is 24.0 Å². The van der Waals surface area contributed by atoms with Crippen LogP contribution in [-0.2, 0) is 33.1 Å². The van der Waals surface area contributed by atoms with Crippen LogP contribution in [0.1, 0.15) is 83.2 Å². The van der Waals surface area contributed by atoms with Gasteiger partial charge < -0.3 is 48.4 Å². The Kier molecular flexibility index (Phi) is 13.2.